The summed E-state index contributed by atoms with van der Waals surface area (Å²) >= 11 is 0. The number of hydrogen-bond acceptors (Lipinski definition) is 5. The zero-order valence-corrected chi connectivity index (χ0v) is 24.9. The van der Waals surface area contributed by atoms with Gasteiger partial charge in [0.1, 0.15) is 5.82 Å². The molecule has 0 radical (unpaired) electrons. The van der Waals surface area contributed by atoms with Crippen molar-refractivity contribution in [1.29, 1.82) is 0 Å². The second-order valence-electron chi connectivity index (χ2n) is 11.3. The van der Waals surface area contributed by atoms with Gasteiger partial charge in [0.15, 0.2) is 0 Å². The number of aryl methyl sites for hydroxylation is 2. The van der Waals surface area contributed by atoms with E-state index in [9.17, 15) is 14.7 Å². The molecular formula is C33H38ClN5O3. The van der Waals surface area contributed by atoms with Gasteiger partial charge in [-0.1, -0.05) is 42.0 Å². The van der Waals surface area contributed by atoms with Gasteiger partial charge in [-0.05, 0) is 62.4 Å². The van der Waals surface area contributed by atoms with Gasteiger partial charge in [0.05, 0.1) is 22.9 Å². The molecule has 220 valence electrons. The lowest BCUT2D eigenvalue weighted by atomic mass is 9.93. The van der Waals surface area contributed by atoms with Gasteiger partial charge in [0.25, 0.3) is 11.8 Å². The molecule has 6 rings (SSSR count). The summed E-state index contributed by atoms with van der Waals surface area (Å²) in [4.78, 5) is 35.5. The average molecular weight is 588 g/mol. The van der Waals surface area contributed by atoms with Gasteiger partial charge in [0, 0.05) is 56.4 Å². The molecule has 0 unspecified atom stereocenters. The number of aromatic nitrogens is 2. The fraction of sp³-hybridized carbons (Fsp3) is 0.364. The van der Waals surface area contributed by atoms with Gasteiger partial charge in [-0.15, -0.1) is 12.4 Å². The number of carbonyl (C=O) groups is 2. The van der Waals surface area contributed by atoms with E-state index in [-0.39, 0.29) is 36.4 Å². The van der Waals surface area contributed by atoms with Crippen LogP contribution < -0.4 is 10.2 Å². The van der Waals surface area contributed by atoms with E-state index in [1.165, 1.54) is 0 Å². The topological polar surface area (TPSA) is 90.7 Å². The van der Waals surface area contributed by atoms with E-state index in [2.05, 4.69) is 57.0 Å². The minimum absolute atomic E-state index is 0. The molecular weight excluding hydrogens is 550 g/mol. The summed E-state index contributed by atoms with van der Waals surface area (Å²) in [7, 11) is 2.03. The molecule has 9 heteroatoms. The SMILES string of the molecule is Cc1ccc2c(c1)c(C(=O)N1CCN(c3ccc(C(=O)N[C@H]4CC[C@H](O)CC4)cn3)CC1)c(-c1ccccc1)n2C.Cl. The van der Waals surface area contributed by atoms with Gasteiger partial charge in [-0.2, -0.15) is 0 Å². The van der Waals surface area contributed by atoms with Crippen LogP contribution in [0, 0.1) is 6.92 Å². The van der Waals surface area contributed by atoms with Crippen LogP contribution >= 0.6 is 12.4 Å². The van der Waals surface area contributed by atoms with Crippen LogP contribution in [0.3, 0.4) is 0 Å². The van der Waals surface area contributed by atoms with Crippen LogP contribution in [-0.2, 0) is 7.05 Å². The number of rotatable bonds is 5. The molecule has 0 spiro atoms. The minimum atomic E-state index is -0.248. The van der Waals surface area contributed by atoms with Gasteiger partial charge in [-0.25, -0.2) is 4.98 Å². The molecule has 2 aromatic heterocycles. The summed E-state index contributed by atoms with van der Waals surface area (Å²) in [6.45, 7) is 4.57. The summed E-state index contributed by atoms with van der Waals surface area (Å²) in [6.07, 6.45) is 4.43. The molecule has 0 bridgehead atoms. The molecule has 2 fully saturated rings. The van der Waals surface area contributed by atoms with E-state index in [4.69, 9.17) is 0 Å². The zero-order chi connectivity index (χ0) is 28.5. The highest BCUT2D eigenvalue weighted by Gasteiger charge is 2.29. The summed E-state index contributed by atoms with van der Waals surface area (Å²) in [5, 5.41) is 13.8. The Morgan fingerprint density at radius 2 is 1.64 bits per heavy atom. The quantitative estimate of drug-likeness (QED) is 0.344. The first kappa shape index (κ1) is 29.6. The molecule has 0 atom stereocenters. The zero-order valence-electron chi connectivity index (χ0n) is 24.1. The number of anilines is 1. The lowest BCUT2D eigenvalue weighted by Crippen LogP contribution is -2.49. The second kappa shape index (κ2) is 12.5. The van der Waals surface area contributed by atoms with E-state index >= 15 is 0 Å². The molecule has 4 aromatic rings. The van der Waals surface area contributed by atoms with Crippen LogP contribution in [0.2, 0.25) is 0 Å². The Balaban J connectivity index is 0.00000353. The molecule has 2 aliphatic rings. The first-order valence-electron chi connectivity index (χ1n) is 14.5. The summed E-state index contributed by atoms with van der Waals surface area (Å²) in [5.74, 6) is 0.732. The van der Waals surface area contributed by atoms with Gasteiger partial charge in [-0.3, -0.25) is 9.59 Å². The summed E-state index contributed by atoms with van der Waals surface area (Å²) in [5.41, 5.74) is 5.44. The molecule has 8 nitrogen and oxygen atoms in total. The number of piperazine rings is 1. The Morgan fingerprint density at radius 1 is 0.929 bits per heavy atom. The molecule has 42 heavy (non-hydrogen) atoms. The number of fused-ring (bicyclic) bond motifs is 1. The first-order chi connectivity index (χ1) is 19.9. The van der Waals surface area contributed by atoms with Crippen molar-refractivity contribution in [2.24, 2.45) is 7.05 Å². The lowest BCUT2D eigenvalue weighted by Gasteiger charge is -2.35. The van der Waals surface area contributed by atoms with Crippen LogP contribution in [0.25, 0.3) is 22.2 Å². The smallest absolute Gasteiger partial charge is 0.256 e. The van der Waals surface area contributed by atoms with Crippen LogP contribution in [0.1, 0.15) is 52.0 Å². The molecule has 3 heterocycles. The van der Waals surface area contributed by atoms with Crippen LogP contribution in [0.15, 0.2) is 66.9 Å². The van der Waals surface area contributed by atoms with Crippen LogP contribution in [0.5, 0.6) is 0 Å². The van der Waals surface area contributed by atoms with Crippen molar-refractivity contribution in [3.8, 4) is 11.3 Å². The second-order valence-corrected chi connectivity index (χ2v) is 11.3. The average Bonchev–Trinajstić information content (AvgIpc) is 3.29. The van der Waals surface area contributed by atoms with Crippen molar-refractivity contribution in [1.82, 2.24) is 19.8 Å². The number of halogens is 1. The first-order valence-corrected chi connectivity index (χ1v) is 14.5. The predicted molar refractivity (Wildman–Crippen MR) is 168 cm³/mol. The number of hydrogen-bond donors (Lipinski definition) is 2. The largest absolute Gasteiger partial charge is 0.393 e. The normalized spacial score (nSPS) is 18.9. The monoisotopic (exact) mass is 587 g/mol. The number of aliphatic hydroxyl groups is 1. The number of amides is 2. The summed E-state index contributed by atoms with van der Waals surface area (Å²) < 4.78 is 2.13. The standard InChI is InChI=1S/C33H37N5O3.ClH/c1-22-8-14-28-27(20-22)30(31(36(28)2)23-6-4-3-5-7-23)33(41)38-18-16-37(17-19-38)29-15-9-24(21-34-29)32(40)35-25-10-12-26(39)13-11-25;/h3-9,14-15,20-21,25-26,39H,10-13,16-19H2,1-2H3,(H,35,40);1H/t25-,26-;. The third kappa shape index (κ3) is 5.87. The number of aliphatic hydroxyl groups excluding tert-OH is 1. The number of carbonyl (C=O) groups excluding carboxylic acids is 2. The Hall–Kier alpha value is -3.88. The van der Waals surface area contributed by atoms with Crippen molar-refractivity contribution in [3.05, 3.63) is 83.6 Å². The fourth-order valence-electron chi connectivity index (χ4n) is 6.20. The maximum Gasteiger partial charge on any atom is 0.256 e. The third-order valence-corrected chi connectivity index (χ3v) is 8.55. The molecule has 2 N–H and O–H groups in total. The highest BCUT2D eigenvalue weighted by molar-refractivity contribution is 6.13. The predicted octanol–water partition coefficient (Wildman–Crippen LogP) is 4.97. The van der Waals surface area contributed by atoms with Gasteiger partial charge in [0.2, 0.25) is 0 Å². The Labute approximate surface area is 252 Å². The highest BCUT2D eigenvalue weighted by atomic mass is 35.5. The van der Waals surface area contributed by atoms with Crippen LogP contribution in [-0.4, -0.2) is 69.7 Å². The fourth-order valence-corrected chi connectivity index (χ4v) is 6.20. The van der Waals surface area contributed by atoms with E-state index < -0.39 is 0 Å². The molecule has 1 saturated heterocycles. The Bertz CT molecular complexity index is 1550. The lowest BCUT2D eigenvalue weighted by molar-refractivity contribution is 0.0748. The van der Waals surface area contributed by atoms with Crippen molar-refractivity contribution in [2.45, 2.75) is 44.8 Å². The number of pyridine rings is 1. The van der Waals surface area contributed by atoms with Crippen molar-refractivity contribution in [3.63, 3.8) is 0 Å². The highest BCUT2D eigenvalue weighted by Crippen LogP contribution is 2.35. The Kier molecular flexibility index (Phi) is 8.85. The third-order valence-electron chi connectivity index (χ3n) is 8.55. The molecule has 2 aromatic carbocycles. The molecule has 1 aliphatic heterocycles. The van der Waals surface area contributed by atoms with Crippen LogP contribution in [0.4, 0.5) is 5.82 Å². The van der Waals surface area contributed by atoms with Crippen molar-refractivity contribution >= 4 is 40.9 Å². The van der Waals surface area contributed by atoms with Crippen molar-refractivity contribution in [2.75, 3.05) is 31.1 Å². The molecule has 2 amide bonds. The van der Waals surface area contributed by atoms with E-state index in [0.717, 1.165) is 64.8 Å². The molecule has 1 aliphatic carbocycles. The molecule has 1 saturated carbocycles. The van der Waals surface area contributed by atoms with E-state index in [1.807, 2.05) is 42.3 Å². The maximum absolute atomic E-state index is 14.1. The minimum Gasteiger partial charge on any atom is -0.393 e. The number of nitrogens with zero attached hydrogens (tertiary/aromatic N) is 4. The van der Waals surface area contributed by atoms with Crippen molar-refractivity contribution < 1.29 is 14.7 Å². The van der Waals surface area contributed by atoms with E-state index in [1.54, 1.807) is 6.20 Å². The van der Waals surface area contributed by atoms with Gasteiger partial charge >= 0.3 is 0 Å². The Morgan fingerprint density at radius 3 is 2.31 bits per heavy atom. The summed E-state index contributed by atoms with van der Waals surface area (Å²) in [6, 6.07) is 20.2. The maximum atomic E-state index is 14.1. The van der Waals surface area contributed by atoms with Gasteiger partial charge < -0.3 is 24.8 Å². The number of nitrogens with one attached hydrogen (secondary N) is 1. The van der Waals surface area contributed by atoms with E-state index in [0.29, 0.717) is 31.7 Å². The number of benzene rings is 2.